The minimum Gasteiger partial charge on any atom is -0.299 e. The number of rotatable bonds is 14. The molecule has 59 heavy (non-hydrogen) atoms. The number of carbonyl (C=O) groups excluding carboxylic acids is 2. The standard InChI is InChI=1S/C57H96O2/c1-36(2)15-11-17-38(5)44-27-29-46-42-25-23-40-19-13-21-50(56(40,9)48(42)31-33-54(44,46)7)52(58)35-53(59)51-22-14-20-41-24-26-43-47-30-28-45(39(6)18-12-16-37(3)4)55(47,8)34-32-49(43)57(41,51)10/h36-51H,11-35H2,1-10H3/t38-,39-,40+,41+,42+,43+,44-,45-,46-,47-,48-,49-,50?,51?,54+,55+,56-,57-/m0/s1. The van der Waals surface area contributed by atoms with Gasteiger partial charge in [0.2, 0.25) is 0 Å². The molecule has 8 aliphatic rings. The molecule has 0 bridgehead atoms. The maximum absolute atomic E-state index is 15.1. The van der Waals surface area contributed by atoms with E-state index in [0.717, 1.165) is 72.0 Å². The van der Waals surface area contributed by atoms with Crippen molar-refractivity contribution in [3.8, 4) is 0 Å². The van der Waals surface area contributed by atoms with E-state index in [2.05, 4.69) is 69.2 Å². The summed E-state index contributed by atoms with van der Waals surface area (Å²) in [7, 11) is 0. The maximum atomic E-state index is 15.1. The minimum atomic E-state index is 0.0918. The van der Waals surface area contributed by atoms with Crippen molar-refractivity contribution in [1.82, 2.24) is 0 Å². The highest BCUT2D eigenvalue weighted by Crippen LogP contribution is 2.71. The average Bonchev–Trinajstić information content (AvgIpc) is 3.73. The van der Waals surface area contributed by atoms with E-state index in [-0.39, 0.29) is 29.1 Å². The molecule has 0 spiro atoms. The lowest BCUT2D eigenvalue weighted by molar-refractivity contribution is -0.164. The van der Waals surface area contributed by atoms with Crippen molar-refractivity contribution in [2.24, 2.45) is 116 Å². The summed E-state index contributed by atoms with van der Waals surface area (Å²) < 4.78 is 0. The summed E-state index contributed by atoms with van der Waals surface area (Å²) in [6, 6.07) is 0. The number of ketones is 2. The Balaban J connectivity index is 0.960. The van der Waals surface area contributed by atoms with Crippen LogP contribution < -0.4 is 0 Å². The van der Waals surface area contributed by atoms with Crippen molar-refractivity contribution in [3.63, 3.8) is 0 Å². The van der Waals surface area contributed by atoms with Gasteiger partial charge >= 0.3 is 0 Å². The molecule has 0 aromatic rings. The fraction of sp³-hybridized carbons (Fsp3) is 0.965. The maximum Gasteiger partial charge on any atom is 0.143 e. The van der Waals surface area contributed by atoms with Crippen molar-refractivity contribution < 1.29 is 9.59 Å². The van der Waals surface area contributed by atoms with Crippen molar-refractivity contribution in [2.75, 3.05) is 0 Å². The third-order valence-corrected chi connectivity index (χ3v) is 23.0. The van der Waals surface area contributed by atoms with Crippen molar-refractivity contribution >= 4 is 11.6 Å². The monoisotopic (exact) mass is 813 g/mol. The molecule has 0 radical (unpaired) electrons. The molecule has 8 rings (SSSR count). The molecule has 0 heterocycles. The van der Waals surface area contributed by atoms with E-state index in [0.29, 0.717) is 46.1 Å². The average molecular weight is 813 g/mol. The molecule has 0 saturated heterocycles. The van der Waals surface area contributed by atoms with Crippen LogP contribution in [0.1, 0.15) is 230 Å². The van der Waals surface area contributed by atoms with Gasteiger partial charge in [-0.15, -0.1) is 0 Å². The second-order valence-corrected chi connectivity index (χ2v) is 26.2. The van der Waals surface area contributed by atoms with E-state index >= 15 is 9.59 Å². The molecule has 2 unspecified atom stereocenters. The van der Waals surface area contributed by atoms with Gasteiger partial charge in [-0.1, -0.05) is 121 Å². The van der Waals surface area contributed by atoms with Gasteiger partial charge in [-0.3, -0.25) is 9.59 Å². The van der Waals surface area contributed by atoms with Gasteiger partial charge in [0.25, 0.3) is 0 Å². The summed E-state index contributed by atoms with van der Waals surface area (Å²) in [6.07, 6.45) is 32.4. The smallest absolute Gasteiger partial charge is 0.143 e. The number of hydrogen-bond donors (Lipinski definition) is 0. The Morgan fingerprint density at radius 1 is 0.458 bits per heavy atom. The van der Waals surface area contributed by atoms with Gasteiger partial charge in [-0.25, -0.2) is 0 Å². The Bertz CT molecular complexity index is 1370. The molecule has 2 heteroatoms. The summed E-state index contributed by atoms with van der Waals surface area (Å²) in [5, 5.41) is 0. The fourth-order valence-corrected chi connectivity index (χ4v) is 20.2. The SMILES string of the molecule is CC(C)CCC[C@H](C)[C@@H]1CC[C@H]2[C@H]3CC[C@H]4CCCC(C(=O)CC(=O)C5CCC[C@@H]6CC[C@@H]7[C@@H]8CC[C@@H]([C@@H](C)CCCC(C)C)[C@@]8(C)CC[C@@H]7[C@@]56C)[C@]4(C)[C@H]3CC[C@@]21C. The highest BCUT2D eigenvalue weighted by atomic mass is 16.1. The van der Waals surface area contributed by atoms with Gasteiger partial charge < -0.3 is 0 Å². The molecule has 2 nitrogen and oxygen atoms in total. The van der Waals surface area contributed by atoms with Gasteiger partial charge in [0.1, 0.15) is 11.6 Å². The molecule has 8 saturated carbocycles. The summed E-state index contributed by atoms with van der Waals surface area (Å²) in [6.45, 7) is 25.4. The van der Waals surface area contributed by atoms with Crippen LogP contribution in [-0.4, -0.2) is 11.6 Å². The van der Waals surface area contributed by atoms with Crippen LogP contribution in [0.2, 0.25) is 0 Å². The first-order valence-corrected chi connectivity index (χ1v) is 27.1. The molecule has 18 atom stereocenters. The van der Waals surface area contributed by atoms with Crippen LogP contribution in [0, 0.1) is 116 Å². The van der Waals surface area contributed by atoms with Gasteiger partial charge in [-0.05, 0) is 207 Å². The highest BCUT2D eigenvalue weighted by molar-refractivity contribution is 6.01. The Morgan fingerprint density at radius 2 is 0.864 bits per heavy atom. The lowest BCUT2D eigenvalue weighted by Crippen LogP contribution is -2.58. The Hall–Kier alpha value is -0.660. The van der Waals surface area contributed by atoms with Crippen LogP contribution in [0.15, 0.2) is 0 Å². The van der Waals surface area contributed by atoms with Gasteiger partial charge in [0.15, 0.2) is 0 Å². The number of hydrogen-bond acceptors (Lipinski definition) is 2. The number of fused-ring (bicyclic) bond motifs is 10. The van der Waals surface area contributed by atoms with Crippen molar-refractivity contribution in [1.29, 1.82) is 0 Å². The van der Waals surface area contributed by atoms with E-state index in [4.69, 9.17) is 0 Å². The second-order valence-electron chi connectivity index (χ2n) is 26.2. The van der Waals surface area contributed by atoms with Gasteiger partial charge in [0.05, 0.1) is 6.42 Å². The first-order chi connectivity index (χ1) is 28.0. The number of carbonyl (C=O) groups is 2. The summed E-state index contributed by atoms with van der Waals surface area (Å²) >= 11 is 0. The molecule has 0 N–H and O–H groups in total. The minimum absolute atomic E-state index is 0.0918. The van der Waals surface area contributed by atoms with E-state index in [9.17, 15) is 0 Å². The molecule has 0 aliphatic heterocycles. The lowest BCUT2D eigenvalue weighted by Gasteiger charge is -2.63. The highest BCUT2D eigenvalue weighted by Gasteiger charge is 2.65. The zero-order valence-corrected chi connectivity index (χ0v) is 40.7. The van der Waals surface area contributed by atoms with Crippen LogP contribution in [0.4, 0.5) is 0 Å². The van der Waals surface area contributed by atoms with Gasteiger partial charge in [0, 0.05) is 11.8 Å². The Labute approximate surface area is 365 Å². The van der Waals surface area contributed by atoms with Crippen LogP contribution in [0.3, 0.4) is 0 Å². The normalized spacial score (nSPS) is 47.7. The predicted octanol–water partition coefficient (Wildman–Crippen LogP) is 16.0. The molecule has 8 aliphatic carbocycles. The topological polar surface area (TPSA) is 34.1 Å². The number of Topliss-reactive ketones (excluding diaryl/α,β-unsaturated/α-hetero) is 2. The summed E-state index contributed by atoms with van der Waals surface area (Å²) in [5.74, 6) is 12.0. The van der Waals surface area contributed by atoms with Crippen molar-refractivity contribution in [2.45, 2.75) is 230 Å². The van der Waals surface area contributed by atoms with Crippen LogP contribution >= 0.6 is 0 Å². The van der Waals surface area contributed by atoms with E-state index < -0.39 is 0 Å². The molecule has 8 fully saturated rings. The lowest BCUT2D eigenvalue weighted by atomic mass is 9.41. The summed E-state index contributed by atoms with van der Waals surface area (Å²) in [5.41, 5.74) is 1.15. The molecular formula is C57H96O2. The van der Waals surface area contributed by atoms with E-state index in [1.807, 2.05) is 0 Å². The Kier molecular flexibility index (Phi) is 13.2. The van der Waals surface area contributed by atoms with Crippen molar-refractivity contribution in [3.05, 3.63) is 0 Å². The van der Waals surface area contributed by atoms with Crippen LogP contribution in [0.25, 0.3) is 0 Å². The van der Waals surface area contributed by atoms with E-state index in [1.54, 1.807) is 0 Å². The molecule has 0 amide bonds. The molecule has 336 valence electrons. The Morgan fingerprint density at radius 3 is 1.25 bits per heavy atom. The predicted molar refractivity (Wildman–Crippen MR) is 248 cm³/mol. The van der Waals surface area contributed by atoms with E-state index in [1.165, 1.54) is 141 Å². The second kappa shape index (κ2) is 17.4. The quantitative estimate of drug-likeness (QED) is 0.164. The fourth-order valence-electron chi connectivity index (χ4n) is 20.2. The first kappa shape index (κ1) is 44.9. The summed E-state index contributed by atoms with van der Waals surface area (Å²) in [4.78, 5) is 30.2. The molecule has 0 aromatic carbocycles. The largest absolute Gasteiger partial charge is 0.299 e. The first-order valence-electron chi connectivity index (χ1n) is 27.1. The zero-order valence-electron chi connectivity index (χ0n) is 40.7. The zero-order chi connectivity index (χ0) is 42.1. The molecule has 0 aromatic heterocycles. The van der Waals surface area contributed by atoms with Crippen LogP contribution in [-0.2, 0) is 9.59 Å². The molecular weight excluding hydrogens is 717 g/mol. The van der Waals surface area contributed by atoms with Gasteiger partial charge in [-0.2, -0.15) is 0 Å². The van der Waals surface area contributed by atoms with Crippen LogP contribution in [0.5, 0.6) is 0 Å². The third-order valence-electron chi connectivity index (χ3n) is 23.0. The third kappa shape index (κ3) is 7.67.